The van der Waals surface area contributed by atoms with Crippen LogP contribution in [-0.2, 0) is 10.8 Å². The molecule has 2 aliphatic carbocycles. The molecule has 20 rings (SSSR count). The van der Waals surface area contributed by atoms with Gasteiger partial charge in [-0.25, -0.2) is 0 Å². The minimum atomic E-state index is -0.0990. The SMILES string of the molecule is CC1(C)c2ccccc2-c2ccc(N(c3ccc(-c4ccc5c(c4)oc4ccccc45)cc3)c3cc4ccccc4c4ccccc34)cc21.CC1(C)c2ccccc2-c2ccc(N(c3ccc(-c4ccc5c(c4)sc4ccccc45)cc3)c3cc4ccccc4c4ccccc34)cc21. The van der Waals surface area contributed by atoms with Crippen LogP contribution < -0.4 is 9.80 Å². The minimum Gasteiger partial charge on any atom is -0.456 e. The van der Waals surface area contributed by atoms with Gasteiger partial charge in [-0.05, 0) is 190 Å². The van der Waals surface area contributed by atoms with Crippen LogP contribution in [0.5, 0.6) is 0 Å². The molecule has 98 heavy (non-hydrogen) atoms. The average molecular weight is 1270 g/mol. The number of benzene rings is 16. The molecule has 464 valence electrons. The van der Waals surface area contributed by atoms with E-state index in [1.807, 2.05) is 23.5 Å². The molecule has 2 heterocycles. The first-order valence-corrected chi connectivity index (χ1v) is 34.8. The lowest BCUT2D eigenvalue weighted by Crippen LogP contribution is -2.16. The average Bonchev–Trinajstić information content (AvgIpc) is 1.70. The first-order chi connectivity index (χ1) is 48.1. The summed E-state index contributed by atoms with van der Waals surface area (Å²) < 4.78 is 8.90. The quantitative estimate of drug-likeness (QED) is 0.141. The van der Waals surface area contributed by atoms with E-state index < -0.39 is 0 Å². The van der Waals surface area contributed by atoms with Crippen molar-refractivity contribution < 1.29 is 4.42 Å². The first kappa shape index (κ1) is 57.6. The molecule has 0 bridgehead atoms. The van der Waals surface area contributed by atoms with Gasteiger partial charge in [-0.15, -0.1) is 11.3 Å². The topological polar surface area (TPSA) is 19.6 Å². The normalized spacial score (nSPS) is 13.3. The van der Waals surface area contributed by atoms with Gasteiger partial charge in [0.05, 0.1) is 11.4 Å². The summed E-state index contributed by atoms with van der Waals surface area (Å²) >= 11 is 1.87. The third-order valence-electron chi connectivity index (χ3n) is 21.3. The molecule has 2 aromatic heterocycles. The molecular weight excluding hydrogens is 1210 g/mol. The summed E-state index contributed by atoms with van der Waals surface area (Å²) in [7, 11) is 0. The molecule has 18 aromatic rings. The van der Waals surface area contributed by atoms with Gasteiger partial charge in [-0.3, -0.25) is 0 Å². The fourth-order valence-electron chi connectivity index (χ4n) is 16.4. The molecule has 0 unspecified atom stereocenters. The largest absolute Gasteiger partial charge is 0.456 e. The third-order valence-corrected chi connectivity index (χ3v) is 22.4. The summed E-state index contributed by atoms with van der Waals surface area (Å²) in [5, 5.41) is 15.0. The number of para-hydroxylation sites is 1. The van der Waals surface area contributed by atoms with E-state index in [0.717, 1.165) is 50.1 Å². The maximum absolute atomic E-state index is 6.24. The molecule has 0 saturated heterocycles. The Balaban J connectivity index is 0.000000137. The number of fused-ring (bicyclic) bond motifs is 18. The van der Waals surface area contributed by atoms with E-state index in [0.29, 0.717) is 0 Å². The fourth-order valence-corrected chi connectivity index (χ4v) is 17.5. The molecule has 0 fully saturated rings. The van der Waals surface area contributed by atoms with Crippen LogP contribution in [0.3, 0.4) is 0 Å². The number of hydrogen-bond donors (Lipinski definition) is 0. The van der Waals surface area contributed by atoms with Crippen molar-refractivity contribution in [2.24, 2.45) is 0 Å². The van der Waals surface area contributed by atoms with E-state index in [1.54, 1.807) is 0 Å². The van der Waals surface area contributed by atoms with Crippen LogP contribution in [0.4, 0.5) is 34.1 Å². The van der Waals surface area contributed by atoms with Gasteiger partial charge in [0.1, 0.15) is 11.2 Å². The molecule has 0 radical (unpaired) electrons. The zero-order valence-electron chi connectivity index (χ0n) is 54.9. The molecule has 2 aliphatic rings. The van der Waals surface area contributed by atoms with Crippen LogP contribution in [0, 0.1) is 0 Å². The molecule has 16 aromatic carbocycles. The maximum atomic E-state index is 6.24. The summed E-state index contributed by atoms with van der Waals surface area (Å²) in [4.78, 5) is 4.91. The predicted octanol–water partition coefficient (Wildman–Crippen LogP) is 27.1. The second-order valence-corrected chi connectivity index (χ2v) is 28.6. The lowest BCUT2D eigenvalue weighted by Gasteiger charge is -2.29. The molecule has 0 amide bonds. The van der Waals surface area contributed by atoms with Gasteiger partial charge in [-0.2, -0.15) is 0 Å². The molecule has 0 atom stereocenters. The standard InChI is InChI=1S/C47H33NO.C47H33NS/c2*1-47(2)42-17-9-7-14-37(42)38-26-24-34(29-43(38)47)48(44-27-32-11-3-4-12-35(32)36-13-5-6-15-39(36)44)33-22-19-30(20-23-33)31-21-25-41-40-16-8-10-18-45(40)49-46(41)28-31/h2*3-29H,1-2H3. The van der Waals surface area contributed by atoms with Gasteiger partial charge in [0, 0.05) is 75.3 Å². The van der Waals surface area contributed by atoms with E-state index in [9.17, 15) is 0 Å². The van der Waals surface area contributed by atoms with E-state index >= 15 is 0 Å². The Kier molecular flexibility index (Phi) is 13.2. The van der Waals surface area contributed by atoms with Crippen molar-refractivity contribution in [1.29, 1.82) is 0 Å². The molecule has 0 aliphatic heterocycles. The summed E-state index contributed by atoms with van der Waals surface area (Å²) in [5.74, 6) is 0. The van der Waals surface area contributed by atoms with Gasteiger partial charge in [0.2, 0.25) is 0 Å². The van der Waals surface area contributed by atoms with Crippen molar-refractivity contribution in [2.75, 3.05) is 9.80 Å². The number of thiophene rings is 1. The molecule has 3 nitrogen and oxygen atoms in total. The number of furan rings is 1. The van der Waals surface area contributed by atoms with E-state index in [2.05, 4.69) is 353 Å². The highest BCUT2D eigenvalue weighted by molar-refractivity contribution is 7.25. The van der Waals surface area contributed by atoms with Crippen LogP contribution >= 0.6 is 11.3 Å². The van der Waals surface area contributed by atoms with Crippen molar-refractivity contribution in [2.45, 2.75) is 38.5 Å². The first-order valence-electron chi connectivity index (χ1n) is 34.0. The zero-order chi connectivity index (χ0) is 65.4. The van der Waals surface area contributed by atoms with Crippen LogP contribution in [-0.4, -0.2) is 0 Å². The fraction of sp³-hybridized carbons (Fsp3) is 0.0638. The Hall–Kier alpha value is -11.8. The molecule has 0 N–H and O–H groups in total. The molecule has 0 spiro atoms. The van der Waals surface area contributed by atoms with E-state index in [1.165, 1.54) is 136 Å². The molecular formula is C94H66N2OS. The number of rotatable bonds is 8. The number of nitrogens with zero attached hydrogens (tertiary/aromatic N) is 2. The van der Waals surface area contributed by atoms with Crippen LogP contribution in [0.15, 0.2) is 332 Å². The van der Waals surface area contributed by atoms with Gasteiger partial charge in [0.15, 0.2) is 0 Å². The van der Waals surface area contributed by atoms with Crippen molar-refractivity contribution in [3.8, 4) is 44.5 Å². The molecule has 0 saturated carbocycles. The predicted molar refractivity (Wildman–Crippen MR) is 418 cm³/mol. The van der Waals surface area contributed by atoms with Gasteiger partial charge in [0.25, 0.3) is 0 Å². The maximum Gasteiger partial charge on any atom is 0.136 e. The smallest absolute Gasteiger partial charge is 0.136 e. The summed E-state index contributed by atoms with van der Waals surface area (Å²) in [6.07, 6.45) is 0. The van der Waals surface area contributed by atoms with Crippen molar-refractivity contribution in [1.82, 2.24) is 0 Å². The Morgan fingerprint density at radius 1 is 0.245 bits per heavy atom. The highest BCUT2D eigenvalue weighted by Crippen LogP contribution is 2.54. The van der Waals surface area contributed by atoms with E-state index in [4.69, 9.17) is 4.42 Å². The van der Waals surface area contributed by atoms with Gasteiger partial charge < -0.3 is 14.2 Å². The monoisotopic (exact) mass is 1270 g/mol. The minimum absolute atomic E-state index is 0.0891. The Morgan fingerprint density at radius 3 is 1.16 bits per heavy atom. The highest BCUT2D eigenvalue weighted by Gasteiger charge is 2.38. The highest BCUT2D eigenvalue weighted by atomic mass is 32.1. The van der Waals surface area contributed by atoms with Crippen molar-refractivity contribution in [3.63, 3.8) is 0 Å². The summed E-state index contributed by atoms with van der Waals surface area (Å²) in [5.41, 5.74) is 24.2. The third kappa shape index (κ3) is 9.16. The second kappa shape index (κ2) is 22.4. The molecule has 4 heteroatoms. The van der Waals surface area contributed by atoms with Crippen LogP contribution in [0.25, 0.3) is 130 Å². The van der Waals surface area contributed by atoms with Crippen molar-refractivity contribution in [3.05, 3.63) is 350 Å². The summed E-state index contributed by atoms with van der Waals surface area (Å²) in [6, 6.07) is 120. The number of anilines is 6. The van der Waals surface area contributed by atoms with Crippen LogP contribution in [0.2, 0.25) is 0 Å². The number of hydrogen-bond acceptors (Lipinski definition) is 4. The second-order valence-electron chi connectivity index (χ2n) is 27.5. The zero-order valence-corrected chi connectivity index (χ0v) is 55.7. The van der Waals surface area contributed by atoms with Crippen LogP contribution in [0.1, 0.15) is 49.9 Å². The van der Waals surface area contributed by atoms with Crippen molar-refractivity contribution >= 4 is 131 Å². The Morgan fingerprint density at radius 2 is 0.622 bits per heavy atom. The van der Waals surface area contributed by atoms with Gasteiger partial charge >= 0.3 is 0 Å². The lowest BCUT2D eigenvalue weighted by molar-refractivity contribution is 0.660. The van der Waals surface area contributed by atoms with Gasteiger partial charge in [-0.1, -0.05) is 264 Å². The summed E-state index contributed by atoms with van der Waals surface area (Å²) in [6.45, 7) is 9.43. The lowest BCUT2D eigenvalue weighted by atomic mass is 9.82. The van der Waals surface area contributed by atoms with E-state index in [-0.39, 0.29) is 10.8 Å². The Labute approximate surface area is 574 Å². The Bertz CT molecular complexity index is 5880.